The number of carbonyl (C=O) groups is 2. The van der Waals surface area contributed by atoms with Gasteiger partial charge in [0.1, 0.15) is 5.75 Å². The van der Waals surface area contributed by atoms with Crippen LogP contribution in [0.1, 0.15) is 29.3 Å². The molecule has 0 unspecified atom stereocenters. The van der Waals surface area contributed by atoms with Crippen LogP contribution >= 0.6 is 11.6 Å². The van der Waals surface area contributed by atoms with Gasteiger partial charge in [-0.1, -0.05) is 18.5 Å². The van der Waals surface area contributed by atoms with Crippen LogP contribution in [0, 0.1) is 0 Å². The number of imide groups is 1. The summed E-state index contributed by atoms with van der Waals surface area (Å²) in [5, 5.41) is 1.01. The Morgan fingerprint density at radius 1 is 1.15 bits per heavy atom. The van der Waals surface area contributed by atoms with Crippen molar-refractivity contribution >= 4 is 23.5 Å². The maximum atomic E-state index is 13.6. The Morgan fingerprint density at radius 2 is 1.67 bits per heavy atom. The van der Waals surface area contributed by atoms with Gasteiger partial charge in [0.2, 0.25) is 0 Å². The van der Waals surface area contributed by atoms with Crippen LogP contribution in [0.5, 0.6) is 5.75 Å². The first-order valence-corrected chi connectivity index (χ1v) is 7.48. The number of halogens is 7. The van der Waals surface area contributed by atoms with E-state index in [1.807, 2.05) is 0 Å². The summed E-state index contributed by atoms with van der Waals surface area (Å²) >= 11 is 5.66. The van der Waals surface area contributed by atoms with Crippen molar-refractivity contribution in [1.29, 1.82) is 0 Å². The van der Waals surface area contributed by atoms with Crippen LogP contribution in [0.25, 0.3) is 0 Å². The first kappa shape index (κ1) is 22.8. The number of alkyl halides is 6. The third-order valence-corrected chi connectivity index (χ3v) is 4.04. The molecule has 1 aromatic carbocycles. The minimum absolute atomic E-state index is 0.421. The number of benzene rings is 1. The highest BCUT2D eigenvalue weighted by atomic mass is 35.5. The first-order valence-electron chi connectivity index (χ1n) is 7.10. The lowest BCUT2D eigenvalue weighted by Crippen LogP contribution is -2.53. The lowest BCUT2D eigenvalue weighted by Gasteiger charge is -2.38. The maximum Gasteiger partial charge on any atom is 0.407 e. The second kappa shape index (κ2) is 7.80. The van der Waals surface area contributed by atoms with Crippen LogP contribution < -0.4 is 21.3 Å². The molecule has 0 heterocycles. The van der Waals surface area contributed by atoms with Crippen molar-refractivity contribution < 1.29 is 40.7 Å². The van der Waals surface area contributed by atoms with E-state index in [4.69, 9.17) is 17.4 Å². The summed E-state index contributed by atoms with van der Waals surface area (Å²) in [6, 6.07) is -0.0714. The zero-order valence-corrected chi connectivity index (χ0v) is 14.6. The molecule has 0 bridgehead atoms. The van der Waals surface area contributed by atoms with E-state index in [1.54, 1.807) is 5.32 Å². The van der Waals surface area contributed by atoms with Gasteiger partial charge in [0, 0.05) is 10.6 Å². The van der Waals surface area contributed by atoms with Crippen LogP contribution in [0.15, 0.2) is 12.1 Å². The monoisotopic (exact) mass is 421 g/mol. The topological polar surface area (TPSA) is 93.5 Å². The van der Waals surface area contributed by atoms with Crippen molar-refractivity contribution in [3.63, 3.8) is 0 Å². The zero-order chi connectivity index (χ0) is 21.2. The number of nitrogens with two attached hydrogens (primary N) is 1. The van der Waals surface area contributed by atoms with E-state index < -0.39 is 58.0 Å². The molecule has 0 aliphatic carbocycles. The van der Waals surface area contributed by atoms with Gasteiger partial charge in [-0.05, 0) is 18.6 Å². The minimum atomic E-state index is -5.79. The number of hydrogen-bond donors (Lipinski definition) is 3. The Balaban J connectivity index is 3.87. The van der Waals surface area contributed by atoms with Crippen LogP contribution in [0.4, 0.5) is 31.1 Å². The van der Waals surface area contributed by atoms with Crippen molar-refractivity contribution in [2.75, 3.05) is 7.11 Å². The average Bonchev–Trinajstić information content (AvgIpc) is 2.52. The summed E-state index contributed by atoms with van der Waals surface area (Å²) in [5.41, 5.74) is -5.06. The van der Waals surface area contributed by atoms with Crippen molar-refractivity contribution in [2.24, 2.45) is 5.84 Å². The standard InChI is InChI=1S/C14H14ClF6N3O3/c1-3-12(13(16,17)18,14(19,20)21)8-5-6(15)4-7(9(8)27-2)10(25)23-11(26)24-22/h4-5H,3,22H2,1-2H3,(H2,23,24,25,26). The highest BCUT2D eigenvalue weighted by Gasteiger charge is 2.71. The molecule has 152 valence electrons. The molecule has 0 atom stereocenters. The van der Waals surface area contributed by atoms with E-state index >= 15 is 0 Å². The number of methoxy groups -OCH3 is 1. The normalized spacial score (nSPS) is 12.5. The molecular weight excluding hydrogens is 408 g/mol. The van der Waals surface area contributed by atoms with Crippen LogP contribution in [-0.2, 0) is 5.41 Å². The van der Waals surface area contributed by atoms with Crippen LogP contribution in [0.2, 0.25) is 5.02 Å². The molecule has 0 saturated heterocycles. The highest BCUT2D eigenvalue weighted by Crippen LogP contribution is 2.57. The number of nitrogens with one attached hydrogen (secondary N) is 2. The molecule has 13 heteroatoms. The molecule has 27 heavy (non-hydrogen) atoms. The highest BCUT2D eigenvalue weighted by molar-refractivity contribution is 6.31. The summed E-state index contributed by atoms with van der Waals surface area (Å²) in [4.78, 5) is 23.2. The van der Waals surface area contributed by atoms with E-state index in [1.165, 1.54) is 5.43 Å². The first-order chi connectivity index (χ1) is 12.3. The van der Waals surface area contributed by atoms with Gasteiger partial charge in [0.25, 0.3) is 5.91 Å². The van der Waals surface area contributed by atoms with E-state index in [9.17, 15) is 35.9 Å². The van der Waals surface area contributed by atoms with Gasteiger partial charge in [-0.15, -0.1) is 0 Å². The van der Waals surface area contributed by atoms with Crippen LogP contribution in [0.3, 0.4) is 0 Å². The smallest absolute Gasteiger partial charge is 0.407 e. The fourth-order valence-corrected chi connectivity index (χ4v) is 2.78. The predicted molar refractivity (Wildman–Crippen MR) is 82.3 cm³/mol. The van der Waals surface area contributed by atoms with Gasteiger partial charge in [0.15, 0.2) is 5.41 Å². The Labute approximate surface area is 153 Å². The Kier molecular flexibility index (Phi) is 6.60. The summed E-state index contributed by atoms with van der Waals surface area (Å²) in [6.45, 7) is 0.683. The molecule has 1 aromatic rings. The third-order valence-electron chi connectivity index (χ3n) is 3.82. The fraction of sp³-hybridized carbons (Fsp3) is 0.429. The average molecular weight is 422 g/mol. The number of carbonyl (C=O) groups excluding carboxylic acids is 2. The molecule has 0 aliphatic rings. The van der Waals surface area contributed by atoms with Gasteiger partial charge < -0.3 is 4.74 Å². The fourth-order valence-electron chi connectivity index (χ4n) is 2.56. The van der Waals surface area contributed by atoms with E-state index in [2.05, 4.69) is 4.74 Å². The number of hydrazine groups is 1. The molecule has 0 spiro atoms. The van der Waals surface area contributed by atoms with Crippen molar-refractivity contribution in [2.45, 2.75) is 31.1 Å². The Bertz CT molecular complexity index is 722. The van der Waals surface area contributed by atoms with E-state index in [-0.39, 0.29) is 0 Å². The number of ether oxygens (including phenoxy) is 1. The molecule has 0 radical (unpaired) electrons. The van der Waals surface area contributed by atoms with Gasteiger partial charge in [-0.2, -0.15) is 26.3 Å². The minimum Gasteiger partial charge on any atom is -0.496 e. The van der Waals surface area contributed by atoms with Crippen molar-refractivity contribution in [3.8, 4) is 5.75 Å². The maximum absolute atomic E-state index is 13.6. The van der Waals surface area contributed by atoms with Crippen molar-refractivity contribution in [1.82, 2.24) is 10.7 Å². The van der Waals surface area contributed by atoms with Gasteiger partial charge in [0.05, 0.1) is 12.7 Å². The molecule has 0 saturated carbocycles. The Hall–Kier alpha value is -2.21. The summed E-state index contributed by atoms with van der Waals surface area (Å²) in [6.07, 6.45) is -13.0. The van der Waals surface area contributed by atoms with Gasteiger partial charge in [-0.3, -0.25) is 15.5 Å². The molecular formula is C14H14ClF6N3O3. The number of amides is 3. The Morgan fingerprint density at radius 3 is 2.04 bits per heavy atom. The molecule has 0 aliphatic heterocycles. The van der Waals surface area contributed by atoms with Crippen molar-refractivity contribution in [3.05, 3.63) is 28.3 Å². The van der Waals surface area contributed by atoms with E-state index in [0.717, 1.165) is 13.2 Å². The van der Waals surface area contributed by atoms with Gasteiger partial charge in [-0.25, -0.2) is 10.6 Å². The summed E-state index contributed by atoms with van der Waals surface area (Å²) in [5.74, 6) is 2.37. The number of hydrogen-bond acceptors (Lipinski definition) is 4. The molecule has 4 N–H and O–H groups in total. The third kappa shape index (κ3) is 4.05. The number of rotatable bonds is 4. The molecule has 0 aromatic heterocycles. The second-order valence-electron chi connectivity index (χ2n) is 5.22. The molecule has 6 nitrogen and oxygen atoms in total. The van der Waals surface area contributed by atoms with E-state index in [0.29, 0.717) is 13.0 Å². The molecule has 1 rings (SSSR count). The second-order valence-corrected chi connectivity index (χ2v) is 5.65. The predicted octanol–water partition coefficient (Wildman–Crippen LogP) is 3.43. The summed E-state index contributed by atoms with van der Waals surface area (Å²) in [7, 11) is 0.777. The lowest BCUT2D eigenvalue weighted by molar-refractivity contribution is -0.304. The molecule has 0 fully saturated rings. The zero-order valence-electron chi connectivity index (χ0n) is 13.8. The molecule has 3 amide bonds. The quantitative estimate of drug-likeness (QED) is 0.300. The summed E-state index contributed by atoms with van der Waals surface area (Å²) < 4.78 is 86.3. The largest absolute Gasteiger partial charge is 0.496 e. The van der Waals surface area contributed by atoms with Gasteiger partial charge >= 0.3 is 18.4 Å². The lowest BCUT2D eigenvalue weighted by atomic mass is 9.75. The number of urea groups is 1. The SMILES string of the molecule is CCC(c1cc(Cl)cc(C(=O)NC(=O)NN)c1OC)(C(F)(F)F)C(F)(F)F. The van der Waals surface area contributed by atoms with Crippen LogP contribution in [-0.4, -0.2) is 31.4 Å².